The average molecular weight is 421 g/mol. The van der Waals surface area contributed by atoms with Crippen LogP contribution in [0.15, 0.2) is 33.6 Å². The van der Waals surface area contributed by atoms with E-state index >= 15 is 0 Å². The normalized spacial score (nSPS) is 11.7. The molecule has 0 unspecified atom stereocenters. The van der Waals surface area contributed by atoms with Gasteiger partial charge in [0.1, 0.15) is 11.5 Å². The number of Topliss-reactive ketones (excluding diaryl/α,β-unsaturated/α-hetero) is 1. The first-order valence-electron chi connectivity index (χ1n) is 9.61. The number of hydrogen-bond donors (Lipinski definition) is 1. The van der Waals surface area contributed by atoms with Crippen molar-refractivity contribution in [3.8, 4) is 0 Å². The summed E-state index contributed by atoms with van der Waals surface area (Å²) in [6.45, 7) is 9.30. The minimum absolute atomic E-state index is 0.0798. The summed E-state index contributed by atoms with van der Waals surface area (Å²) < 4.78 is 32.3. The number of amides is 1. The molecule has 0 bridgehead atoms. The van der Waals surface area contributed by atoms with Gasteiger partial charge in [0.15, 0.2) is 5.78 Å². The highest BCUT2D eigenvalue weighted by molar-refractivity contribution is 7.89. The van der Waals surface area contributed by atoms with E-state index in [1.165, 1.54) is 17.3 Å². The topological polar surface area (TPSA) is 96.7 Å². The largest absolute Gasteiger partial charge is 0.466 e. The maximum absolute atomic E-state index is 12.7. The molecular formula is C21H28N2O5S. The van der Waals surface area contributed by atoms with Crippen LogP contribution in [-0.4, -0.2) is 37.5 Å². The van der Waals surface area contributed by atoms with Crippen molar-refractivity contribution in [1.82, 2.24) is 4.31 Å². The third-order valence-corrected chi connectivity index (χ3v) is 6.82. The number of carbonyl (C=O) groups excluding carboxylic acids is 2. The van der Waals surface area contributed by atoms with Crippen molar-refractivity contribution in [2.24, 2.45) is 0 Å². The number of carbonyl (C=O) groups is 2. The smallest absolute Gasteiger partial charge is 0.243 e. The van der Waals surface area contributed by atoms with Gasteiger partial charge >= 0.3 is 0 Å². The van der Waals surface area contributed by atoms with E-state index in [1.807, 2.05) is 0 Å². The Balaban J connectivity index is 2.12. The summed E-state index contributed by atoms with van der Waals surface area (Å²) in [5, 5.41) is 2.78. The molecule has 0 saturated heterocycles. The molecule has 2 rings (SSSR count). The number of benzene rings is 1. The van der Waals surface area contributed by atoms with E-state index < -0.39 is 10.0 Å². The summed E-state index contributed by atoms with van der Waals surface area (Å²) in [5.41, 5.74) is 1.75. The number of ketones is 1. The molecule has 8 heteroatoms. The van der Waals surface area contributed by atoms with E-state index in [-0.39, 0.29) is 23.0 Å². The summed E-state index contributed by atoms with van der Waals surface area (Å²) >= 11 is 0. The van der Waals surface area contributed by atoms with E-state index in [2.05, 4.69) is 5.32 Å². The number of sulfonamides is 1. The van der Waals surface area contributed by atoms with Crippen LogP contribution in [0, 0.1) is 13.8 Å². The summed E-state index contributed by atoms with van der Waals surface area (Å²) in [5.74, 6) is 0.767. The Morgan fingerprint density at radius 2 is 1.76 bits per heavy atom. The maximum Gasteiger partial charge on any atom is 0.243 e. The van der Waals surface area contributed by atoms with Gasteiger partial charge in [-0.1, -0.05) is 19.9 Å². The molecule has 1 amide bonds. The zero-order valence-corrected chi connectivity index (χ0v) is 18.4. The molecule has 7 nitrogen and oxygen atoms in total. The van der Waals surface area contributed by atoms with E-state index in [1.54, 1.807) is 45.9 Å². The molecule has 0 atom stereocenters. The van der Waals surface area contributed by atoms with Crippen molar-refractivity contribution in [3.05, 3.63) is 46.9 Å². The van der Waals surface area contributed by atoms with Gasteiger partial charge < -0.3 is 9.73 Å². The first-order valence-corrected chi connectivity index (χ1v) is 11.0. The number of nitrogens with zero attached hydrogens (tertiary/aromatic N) is 1. The van der Waals surface area contributed by atoms with Crippen molar-refractivity contribution in [2.75, 3.05) is 18.4 Å². The fraction of sp³-hybridized carbons (Fsp3) is 0.429. The number of furan rings is 1. The van der Waals surface area contributed by atoms with Crippen molar-refractivity contribution < 1.29 is 22.4 Å². The Bertz CT molecular complexity index is 1000. The molecule has 0 saturated carbocycles. The SMILES string of the molecule is CCN(CC)S(=O)(=O)c1ccc(C)c(NC(=O)CCc2cc(C(C)=O)c(C)o2)c1. The van der Waals surface area contributed by atoms with E-state index in [0.29, 0.717) is 42.3 Å². The number of aryl methyl sites for hydroxylation is 3. The lowest BCUT2D eigenvalue weighted by Crippen LogP contribution is -2.30. The zero-order valence-electron chi connectivity index (χ0n) is 17.5. The van der Waals surface area contributed by atoms with Crippen LogP contribution in [-0.2, 0) is 21.2 Å². The standard InChI is InChI=1S/C21H28N2O5S/c1-6-23(7-2)29(26,27)18-10-8-14(3)20(13-18)22-21(25)11-9-17-12-19(15(4)24)16(5)28-17/h8,10,12-13H,6-7,9,11H2,1-5H3,(H,22,25). The minimum atomic E-state index is -3.61. The lowest BCUT2D eigenvalue weighted by molar-refractivity contribution is -0.116. The molecule has 0 fully saturated rings. The van der Waals surface area contributed by atoms with Gasteiger partial charge in [0.2, 0.25) is 15.9 Å². The van der Waals surface area contributed by atoms with Gasteiger partial charge in [-0.25, -0.2) is 8.42 Å². The maximum atomic E-state index is 12.7. The molecule has 2 aromatic rings. The van der Waals surface area contributed by atoms with Crippen LogP contribution >= 0.6 is 0 Å². The van der Waals surface area contributed by atoms with Gasteiger partial charge in [-0.15, -0.1) is 0 Å². The molecule has 0 aliphatic heterocycles. The molecule has 1 aromatic carbocycles. The molecule has 1 N–H and O–H groups in total. The van der Waals surface area contributed by atoms with Crippen molar-refractivity contribution in [3.63, 3.8) is 0 Å². The number of anilines is 1. The van der Waals surface area contributed by atoms with Crippen LogP contribution in [0.4, 0.5) is 5.69 Å². The quantitative estimate of drug-likeness (QED) is 0.624. The van der Waals surface area contributed by atoms with Gasteiger partial charge in [0.05, 0.1) is 10.5 Å². The highest BCUT2D eigenvalue weighted by Crippen LogP contribution is 2.23. The Morgan fingerprint density at radius 3 is 2.31 bits per heavy atom. The number of hydrogen-bond acceptors (Lipinski definition) is 5. The molecule has 0 aliphatic rings. The average Bonchev–Trinajstić information content (AvgIpc) is 3.03. The first-order chi connectivity index (χ1) is 13.6. The lowest BCUT2D eigenvalue weighted by Gasteiger charge is -2.19. The van der Waals surface area contributed by atoms with Gasteiger partial charge in [-0.2, -0.15) is 4.31 Å². The number of nitrogens with one attached hydrogen (secondary N) is 1. The molecule has 158 valence electrons. The third-order valence-electron chi connectivity index (χ3n) is 4.77. The molecule has 1 aromatic heterocycles. The van der Waals surface area contributed by atoms with Gasteiger partial charge in [0, 0.05) is 31.6 Å². The molecule has 1 heterocycles. The predicted octanol–water partition coefficient (Wildman–Crippen LogP) is 3.70. The molecule has 29 heavy (non-hydrogen) atoms. The molecule has 0 aliphatic carbocycles. The monoisotopic (exact) mass is 420 g/mol. The van der Waals surface area contributed by atoms with Gasteiger partial charge in [0.25, 0.3) is 0 Å². The van der Waals surface area contributed by atoms with E-state index in [0.717, 1.165) is 5.56 Å². The first kappa shape index (κ1) is 22.8. The summed E-state index contributed by atoms with van der Waals surface area (Å²) in [4.78, 5) is 24.0. The zero-order chi connectivity index (χ0) is 21.8. The predicted molar refractivity (Wildman–Crippen MR) is 112 cm³/mol. The van der Waals surface area contributed by atoms with Crippen molar-refractivity contribution in [2.45, 2.75) is 52.4 Å². The van der Waals surface area contributed by atoms with Gasteiger partial charge in [-0.05, 0) is 44.5 Å². The van der Waals surface area contributed by atoms with Crippen LogP contribution in [0.2, 0.25) is 0 Å². The van der Waals surface area contributed by atoms with Gasteiger partial charge in [-0.3, -0.25) is 9.59 Å². The van der Waals surface area contributed by atoms with Crippen molar-refractivity contribution in [1.29, 1.82) is 0 Å². The summed E-state index contributed by atoms with van der Waals surface area (Å²) in [6.07, 6.45) is 0.493. The second-order valence-electron chi connectivity index (χ2n) is 6.85. The van der Waals surface area contributed by atoms with E-state index in [4.69, 9.17) is 4.42 Å². The van der Waals surface area contributed by atoms with Crippen LogP contribution in [0.25, 0.3) is 0 Å². The van der Waals surface area contributed by atoms with Crippen LogP contribution in [0.5, 0.6) is 0 Å². The Morgan fingerprint density at radius 1 is 1.10 bits per heavy atom. The Labute approximate surface area is 172 Å². The van der Waals surface area contributed by atoms with Crippen molar-refractivity contribution >= 4 is 27.4 Å². The molecular weight excluding hydrogens is 392 g/mol. The van der Waals surface area contributed by atoms with Crippen LogP contribution in [0.1, 0.15) is 54.6 Å². The minimum Gasteiger partial charge on any atom is -0.466 e. The second-order valence-corrected chi connectivity index (χ2v) is 8.79. The molecule has 0 spiro atoms. The Kier molecular flexibility index (Phi) is 7.37. The van der Waals surface area contributed by atoms with Crippen LogP contribution in [0.3, 0.4) is 0 Å². The second kappa shape index (κ2) is 9.37. The Hall–Kier alpha value is -2.45. The summed E-state index contributed by atoms with van der Waals surface area (Å²) in [6, 6.07) is 6.38. The number of rotatable bonds is 9. The lowest BCUT2D eigenvalue weighted by atomic mass is 10.1. The molecule has 0 radical (unpaired) electrons. The highest BCUT2D eigenvalue weighted by Gasteiger charge is 2.22. The van der Waals surface area contributed by atoms with E-state index in [9.17, 15) is 18.0 Å². The third kappa shape index (κ3) is 5.33. The highest BCUT2D eigenvalue weighted by atomic mass is 32.2. The fourth-order valence-electron chi connectivity index (χ4n) is 3.07. The summed E-state index contributed by atoms with van der Waals surface area (Å²) in [7, 11) is -3.61. The van der Waals surface area contributed by atoms with Crippen LogP contribution < -0.4 is 5.32 Å². The fourth-order valence-corrected chi connectivity index (χ4v) is 4.56.